The number of carbonyl (C=O) groups excluding carboxylic acids is 2. The Morgan fingerprint density at radius 1 is 1.14 bits per heavy atom. The van der Waals surface area contributed by atoms with Crippen molar-refractivity contribution in [3.05, 3.63) is 63.1 Å². The highest BCUT2D eigenvalue weighted by molar-refractivity contribution is 6.34. The van der Waals surface area contributed by atoms with Gasteiger partial charge in [-0.25, -0.2) is 0 Å². The van der Waals surface area contributed by atoms with Crippen LogP contribution in [0.1, 0.15) is 21.5 Å². The number of nitrogens with one attached hydrogen (secondary N) is 1. The standard InChI is InChI=1S/C16H11Cl2NO2/c17-11-3-1-9(2-4-11)5-15(20)12-6-10-7-16(21)19-14(10)8-13(12)18/h1-4,6,8H,5,7H2,(H,19,21). The van der Waals surface area contributed by atoms with Crippen molar-refractivity contribution in [2.75, 3.05) is 5.32 Å². The Balaban J connectivity index is 1.87. The minimum atomic E-state index is -0.0802. The normalized spacial score (nSPS) is 13.0. The van der Waals surface area contributed by atoms with Crippen molar-refractivity contribution in [2.24, 2.45) is 0 Å². The number of ketones is 1. The first-order chi connectivity index (χ1) is 10.0. The second kappa shape index (κ2) is 5.51. The van der Waals surface area contributed by atoms with Gasteiger partial charge in [0.2, 0.25) is 5.91 Å². The quantitative estimate of drug-likeness (QED) is 0.872. The molecule has 0 aromatic heterocycles. The summed E-state index contributed by atoms with van der Waals surface area (Å²) in [5.41, 5.74) is 2.81. The zero-order chi connectivity index (χ0) is 15.0. The summed E-state index contributed by atoms with van der Waals surface area (Å²) in [5, 5.41) is 3.70. The number of hydrogen-bond donors (Lipinski definition) is 1. The van der Waals surface area contributed by atoms with Crippen LogP contribution in [0.2, 0.25) is 10.0 Å². The molecular formula is C16H11Cl2NO2. The molecule has 0 unspecified atom stereocenters. The summed E-state index contributed by atoms with van der Waals surface area (Å²) in [6.07, 6.45) is 0.533. The summed E-state index contributed by atoms with van der Waals surface area (Å²) in [7, 11) is 0. The van der Waals surface area contributed by atoms with Crippen LogP contribution in [0.15, 0.2) is 36.4 Å². The van der Waals surface area contributed by atoms with E-state index in [1.807, 2.05) is 12.1 Å². The van der Waals surface area contributed by atoms with E-state index in [9.17, 15) is 9.59 Å². The molecule has 1 aliphatic heterocycles. The van der Waals surface area contributed by atoms with Crippen molar-refractivity contribution in [1.29, 1.82) is 0 Å². The Morgan fingerprint density at radius 3 is 2.57 bits per heavy atom. The molecule has 0 saturated carbocycles. The molecule has 0 radical (unpaired) electrons. The van der Waals surface area contributed by atoms with E-state index in [1.165, 1.54) is 0 Å². The Morgan fingerprint density at radius 2 is 1.86 bits per heavy atom. The molecule has 0 fully saturated rings. The van der Waals surface area contributed by atoms with Gasteiger partial charge in [0.15, 0.2) is 5.78 Å². The van der Waals surface area contributed by atoms with E-state index in [0.717, 1.165) is 11.1 Å². The average molecular weight is 320 g/mol. The van der Waals surface area contributed by atoms with Crippen LogP contribution in [0.25, 0.3) is 0 Å². The lowest BCUT2D eigenvalue weighted by Gasteiger charge is -2.07. The number of amides is 1. The van der Waals surface area contributed by atoms with Gasteiger partial charge in [0.05, 0.1) is 11.4 Å². The van der Waals surface area contributed by atoms with Gasteiger partial charge in [-0.1, -0.05) is 35.3 Å². The van der Waals surface area contributed by atoms with Crippen LogP contribution in [-0.4, -0.2) is 11.7 Å². The first kappa shape index (κ1) is 14.1. The maximum Gasteiger partial charge on any atom is 0.228 e. The third-order valence-corrected chi connectivity index (χ3v) is 3.96. The van der Waals surface area contributed by atoms with E-state index in [0.29, 0.717) is 21.3 Å². The van der Waals surface area contributed by atoms with Crippen LogP contribution >= 0.6 is 23.2 Å². The summed E-state index contributed by atoms with van der Waals surface area (Å²) in [6, 6.07) is 10.5. The molecule has 3 nitrogen and oxygen atoms in total. The van der Waals surface area contributed by atoms with Crippen molar-refractivity contribution in [3.63, 3.8) is 0 Å². The zero-order valence-corrected chi connectivity index (χ0v) is 12.5. The smallest absolute Gasteiger partial charge is 0.228 e. The number of halogens is 2. The van der Waals surface area contributed by atoms with E-state index >= 15 is 0 Å². The number of rotatable bonds is 3. The molecule has 0 aliphatic carbocycles. The largest absolute Gasteiger partial charge is 0.325 e. The Hall–Kier alpha value is -1.84. The molecule has 0 bridgehead atoms. The number of carbonyl (C=O) groups is 2. The Labute approximate surface area is 131 Å². The van der Waals surface area contributed by atoms with Crippen LogP contribution < -0.4 is 5.32 Å². The number of benzene rings is 2. The molecule has 1 amide bonds. The predicted octanol–water partition coefficient (Wildman–Crippen LogP) is 3.91. The molecule has 2 aromatic rings. The number of hydrogen-bond acceptors (Lipinski definition) is 2. The topological polar surface area (TPSA) is 46.2 Å². The predicted molar refractivity (Wildman–Crippen MR) is 83.3 cm³/mol. The first-order valence-electron chi connectivity index (χ1n) is 6.43. The Kier molecular flexibility index (Phi) is 3.70. The molecule has 5 heteroatoms. The first-order valence-corrected chi connectivity index (χ1v) is 7.18. The van der Waals surface area contributed by atoms with Crippen molar-refractivity contribution in [1.82, 2.24) is 0 Å². The van der Waals surface area contributed by atoms with Crippen LogP contribution in [0.3, 0.4) is 0 Å². The van der Waals surface area contributed by atoms with Crippen LogP contribution in [0, 0.1) is 0 Å². The molecule has 106 valence electrons. The molecule has 3 rings (SSSR count). The van der Waals surface area contributed by atoms with Crippen molar-refractivity contribution >= 4 is 40.6 Å². The summed E-state index contributed by atoms with van der Waals surface area (Å²) in [6.45, 7) is 0. The second-order valence-corrected chi connectivity index (χ2v) is 5.78. The fourth-order valence-corrected chi connectivity index (χ4v) is 2.74. The van der Waals surface area contributed by atoms with Gasteiger partial charge < -0.3 is 5.32 Å². The highest BCUT2D eigenvalue weighted by Crippen LogP contribution is 2.30. The van der Waals surface area contributed by atoms with E-state index in [-0.39, 0.29) is 24.5 Å². The monoisotopic (exact) mass is 319 g/mol. The van der Waals surface area contributed by atoms with Gasteiger partial charge in [0.25, 0.3) is 0 Å². The maximum atomic E-state index is 12.4. The molecule has 21 heavy (non-hydrogen) atoms. The molecular weight excluding hydrogens is 309 g/mol. The average Bonchev–Trinajstić information content (AvgIpc) is 2.79. The van der Waals surface area contributed by atoms with E-state index in [1.54, 1.807) is 24.3 Å². The molecule has 0 saturated heterocycles. The lowest BCUT2D eigenvalue weighted by atomic mass is 10.00. The van der Waals surface area contributed by atoms with E-state index < -0.39 is 0 Å². The summed E-state index contributed by atoms with van der Waals surface area (Å²) in [4.78, 5) is 23.7. The van der Waals surface area contributed by atoms with Crippen molar-refractivity contribution < 1.29 is 9.59 Å². The van der Waals surface area contributed by atoms with Crippen LogP contribution in [0.4, 0.5) is 5.69 Å². The van der Waals surface area contributed by atoms with Crippen LogP contribution in [-0.2, 0) is 17.6 Å². The lowest BCUT2D eigenvalue weighted by Crippen LogP contribution is -2.05. The fourth-order valence-electron chi connectivity index (χ4n) is 2.34. The second-order valence-electron chi connectivity index (χ2n) is 4.94. The number of Topliss-reactive ketones (excluding diaryl/α,β-unsaturated/α-hetero) is 1. The zero-order valence-electron chi connectivity index (χ0n) is 11.0. The summed E-state index contributed by atoms with van der Waals surface area (Å²) >= 11 is 12.0. The van der Waals surface area contributed by atoms with Gasteiger partial charge in [-0.05, 0) is 35.4 Å². The van der Waals surface area contributed by atoms with Gasteiger partial charge in [0, 0.05) is 22.7 Å². The van der Waals surface area contributed by atoms with E-state index in [2.05, 4.69) is 5.32 Å². The molecule has 0 atom stereocenters. The molecule has 1 heterocycles. The minimum Gasteiger partial charge on any atom is -0.325 e. The third kappa shape index (κ3) is 2.94. The Bertz CT molecular complexity index is 739. The fraction of sp³-hybridized carbons (Fsp3) is 0.125. The van der Waals surface area contributed by atoms with Gasteiger partial charge >= 0.3 is 0 Å². The molecule has 2 aromatic carbocycles. The van der Waals surface area contributed by atoms with Gasteiger partial charge in [-0.3, -0.25) is 9.59 Å². The van der Waals surface area contributed by atoms with Crippen molar-refractivity contribution in [2.45, 2.75) is 12.8 Å². The van der Waals surface area contributed by atoms with Crippen LogP contribution in [0.5, 0.6) is 0 Å². The highest BCUT2D eigenvalue weighted by Gasteiger charge is 2.21. The summed E-state index contributed by atoms with van der Waals surface area (Å²) in [5.74, 6) is -0.159. The lowest BCUT2D eigenvalue weighted by molar-refractivity contribution is -0.115. The van der Waals surface area contributed by atoms with Gasteiger partial charge in [0.1, 0.15) is 0 Å². The van der Waals surface area contributed by atoms with Gasteiger partial charge in [-0.15, -0.1) is 0 Å². The SMILES string of the molecule is O=C1Cc2cc(C(=O)Cc3ccc(Cl)cc3)c(Cl)cc2N1. The third-order valence-electron chi connectivity index (χ3n) is 3.40. The van der Waals surface area contributed by atoms with Crippen molar-refractivity contribution in [3.8, 4) is 0 Å². The summed E-state index contributed by atoms with van der Waals surface area (Å²) < 4.78 is 0. The minimum absolute atomic E-state index is 0.0792. The number of fused-ring (bicyclic) bond motifs is 1. The number of anilines is 1. The maximum absolute atomic E-state index is 12.4. The van der Waals surface area contributed by atoms with Gasteiger partial charge in [-0.2, -0.15) is 0 Å². The molecule has 1 aliphatic rings. The molecule has 0 spiro atoms. The molecule has 1 N–H and O–H groups in total. The van der Waals surface area contributed by atoms with E-state index in [4.69, 9.17) is 23.2 Å². The highest BCUT2D eigenvalue weighted by atomic mass is 35.5.